The molecule has 2 N–H and O–H groups in total. The standard InChI is InChI=1S/C13H9N3O2S2/c17-10-1-3-14-5-9(10)16-12(18)11-6-15-13(20-11)8-2-4-19-7-8/h1-7H,(H,14,17)(H,16,18). The summed E-state index contributed by atoms with van der Waals surface area (Å²) < 4.78 is 0. The molecule has 0 aliphatic rings. The topological polar surface area (TPSA) is 74.8 Å². The van der Waals surface area contributed by atoms with Gasteiger partial charge in [0.25, 0.3) is 5.91 Å². The maximum absolute atomic E-state index is 12.1. The van der Waals surface area contributed by atoms with Crippen LogP contribution in [0, 0.1) is 0 Å². The Hall–Kier alpha value is -2.25. The molecule has 0 unspecified atom stereocenters. The van der Waals surface area contributed by atoms with Crippen molar-refractivity contribution in [2.24, 2.45) is 0 Å². The Bertz CT molecular complexity index is 790. The van der Waals surface area contributed by atoms with Gasteiger partial charge in [0.15, 0.2) is 0 Å². The summed E-state index contributed by atoms with van der Waals surface area (Å²) in [7, 11) is 0. The molecule has 0 aliphatic heterocycles. The molecular weight excluding hydrogens is 294 g/mol. The number of carbonyl (C=O) groups is 1. The van der Waals surface area contributed by atoms with Crippen molar-refractivity contribution >= 4 is 34.3 Å². The van der Waals surface area contributed by atoms with Gasteiger partial charge in [-0.15, -0.1) is 11.3 Å². The molecule has 3 heterocycles. The molecule has 3 aromatic heterocycles. The fourth-order valence-electron chi connectivity index (χ4n) is 1.60. The van der Waals surface area contributed by atoms with Crippen LogP contribution in [0.25, 0.3) is 10.6 Å². The van der Waals surface area contributed by atoms with Gasteiger partial charge in [-0.05, 0) is 11.4 Å². The van der Waals surface area contributed by atoms with Crippen LogP contribution in [0.3, 0.4) is 0 Å². The van der Waals surface area contributed by atoms with Crippen molar-refractivity contribution in [1.29, 1.82) is 0 Å². The van der Waals surface area contributed by atoms with Crippen LogP contribution in [-0.4, -0.2) is 15.9 Å². The molecule has 3 aromatic rings. The molecule has 0 bridgehead atoms. The molecule has 0 atom stereocenters. The van der Waals surface area contributed by atoms with E-state index >= 15 is 0 Å². The summed E-state index contributed by atoms with van der Waals surface area (Å²) >= 11 is 2.87. The van der Waals surface area contributed by atoms with Gasteiger partial charge in [-0.2, -0.15) is 11.3 Å². The minimum absolute atomic E-state index is 0.225. The summed E-state index contributed by atoms with van der Waals surface area (Å²) in [4.78, 5) is 31.0. The SMILES string of the molecule is O=C(Nc1c[nH]ccc1=O)c1cnc(-c2ccsc2)s1. The predicted octanol–water partition coefficient (Wildman–Crippen LogP) is 2.81. The molecule has 5 nitrogen and oxygen atoms in total. The lowest BCUT2D eigenvalue weighted by Crippen LogP contribution is -2.16. The highest BCUT2D eigenvalue weighted by Crippen LogP contribution is 2.27. The predicted molar refractivity (Wildman–Crippen MR) is 80.4 cm³/mol. The first kappa shape index (κ1) is 12.8. The van der Waals surface area contributed by atoms with E-state index < -0.39 is 0 Å². The van der Waals surface area contributed by atoms with Crippen molar-refractivity contribution < 1.29 is 4.79 Å². The number of hydrogen-bond acceptors (Lipinski definition) is 5. The van der Waals surface area contributed by atoms with Crippen molar-refractivity contribution in [2.75, 3.05) is 5.32 Å². The molecule has 0 spiro atoms. The Morgan fingerprint density at radius 1 is 1.35 bits per heavy atom. The number of aromatic amines is 1. The second-order valence-corrected chi connectivity index (χ2v) is 5.73. The zero-order chi connectivity index (χ0) is 13.9. The molecule has 0 aromatic carbocycles. The lowest BCUT2D eigenvalue weighted by atomic mass is 10.4. The highest BCUT2D eigenvalue weighted by molar-refractivity contribution is 7.17. The van der Waals surface area contributed by atoms with Crippen LogP contribution in [0.15, 0.2) is 46.3 Å². The van der Waals surface area contributed by atoms with Gasteiger partial charge in [-0.3, -0.25) is 9.59 Å². The first-order valence-electron chi connectivity index (χ1n) is 5.71. The zero-order valence-electron chi connectivity index (χ0n) is 10.1. The minimum atomic E-state index is -0.333. The Balaban J connectivity index is 1.82. The van der Waals surface area contributed by atoms with E-state index in [-0.39, 0.29) is 17.0 Å². The number of thiazole rings is 1. The maximum atomic E-state index is 12.1. The summed E-state index contributed by atoms with van der Waals surface area (Å²) in [6.07, 6.45) is 4.49. The Morgan fingerprint density at radius 2 is 2.25 bits per heavy atom. The van der Waals surface area contributed by atoms with E-state index in [4.69, 9.17) is 0 Å². The van der Waals surface area contributed by atoms with Gasteiger partial charge in [-0.1, -0.05) is 0 Å². The average Bonchev–Trinajstić information content (AvgIpc) is 3.11. The molecule has 20 heavy (non-hydrogen) atoms. The van der Waals surface area contributed by atoms with Crippen LogP contribution < -0.4 is 10.7 Å². The number of nitrogens with one attached hydrogen (secondary N) is 2. The van der Waals surface area contributed by atoms with E-state index in [0.29, 0.717) is 4.88 Å². The Labute approximate surface area is 122 Å². The van der Waals surface area contributed by atoms with Gasteiger partial charge in [0.1, 0.15) is 15.6 Å². The number of anilines is 1. The number of rotatable bonds is 3. The van der Waals surface area contributed by atoms with E-state index in [0.717, 1.165) is 10.6 Å². The Kier molecular flexibility index (Phi) is 3.44. The molecule has 1 amide bonds. The zero-order valence-corrected chi connectivity index (χ0v) is 11.8. The molecule has 0 aliphatic carbocycles. The maximum Gasteiger partial charge on any atom is 0.267 e. The van der Waals surface area contributed by atoms with Crippen molar-refractivity contribution in [3.8, 4) is 10.6 Å². The van der Waals surface area contributed by atoms with Crippen molar-refractivity contribution in [3.05, 3.63) is 56.6 Å². The quantitative estimate of drug-likeness (QED) is 0.781. The number of carbonyl (C=O) groups excluding carboxylic acids is 1. The number of H-pyrrole nitrogens is 1. The van der Waals surface area contributed by atoms with Crippen molar-refractivity contribution in [1.82, 2.24) is 9.97 Å². The number of pyridine rings is 1. The summed E-state index contributed by atoms with van der Waals surface area (Å²) in [5.74, 6) is -0.333. The van der Waals surface area contributed by atoms with Gasteiger partial charge in [0, 0.05) is 29.4 Å². The second-order valence-electron chi connectivity index (χ2n) is 3.92. The van der Waals surface area contributed by atoms with Crippen LogP contribution in [0.5, 0.6) is 0 Å². The molecule has 0 saturated heterocycles. The van der Waals surface area contributed by atoms with Gasteiger partial charge in [-0.25, -0.2) is 4.98 Å². The second kappa shape index (κ2) is 5.40. The van der Waals surface area contributed by atoms with Gasteiger partial charge < -0.3 is 10.3 Å². The highest BCUT2D eigenvalue weighted by atomic mass is 32.1. The molecule has 7 heteroatoms. The van der Waals surface area contributed by atoms with E-state index in [1.807, 2.05) is 16.8 Å². The first-order chi connectivity index (χ1) is 9.74. The molecule has 0 radical (unpaired) electrons. The number of amides is 1. The molecule has 0 saturated carbocycles. The first-order valence-corrected chi connectivity index (χ1v) is 7.47. The Morgan fingerprint density at radius 3 is 3.00 bits per heavy atom. The third-order valence-electron chi connectivity index (χ3n) is 2.57. The number of hydrogen-bond donors (Lipinski definition) is 2. The molecule has 100 valence electrons. The summed E-state index contributed by atoms with van der Waals surface area (Å²) in [6, 6.07) is 3.31. The fraction of sp³-hybridized carbons (Fsp3) is 0. The highest BCUT2D eigenvalue weighted by Gasteiger charge is 2.13. The van der Waals surface area contributed by atoms with Crippen LogP contribution in [0.2, 0.25) is 0 Å². The van der Waals surface area contributed by atoms with Crippen molar-refractivity contribution in [2.45, 2.75) is 0 Å². The van der Waals surface area contributed by atoms with E-state index in [9.17, 15) is 9.59 Å². The van der Waals surface area contributed by atoms with Gasteiger partial charge >= 0.3 is 0 Å². The van der Waals surface area contributed by atoms with E-state index in [2.05, 4.69) is 15.3 Å². The lowest BCUT2D eigenvalue weighted by Gasteiger charge is -2.00. The van der Waals surface area contributed by atoms with Crippen LogP contribution in [0.1, 0.15) is 9.67 Å². The summed E-state index contributed by atoms with van der Waals surface area (Å²) in [5.41, 5.74) is 0.985. The van der Waals surface area contributed by atoms with Gasteiger partial charge in [0.2, 0.25) is 5.43 Å². The summed E-state index contributed by atoms with van der Waals surface area (Å²) in [6.45, 7) is 0. The summed E-state index contributed by atoms with van der Waals surface area (Å²) in [5, 5.41) is 7.30. The monoisotopic (exact) mass is 303 g/mol. The normalized spacial score (nSPS) is 10.4. The largest absolute Gasteiger partial charge is 0.366 e. The van der Waals surface area contributed by atoms with Crippen molar-refractivity contribution in [3.63, 3.8) is 0 Å². The fourth-order valence-corrected chi connectivity index (χ4v) is 3.12. The average molecular weight is 303 g/mol. The van der Waals surface area contributed by atoms with E-state index in [1.165, 1.54) is 36.0 Å². The number of aromatic nitrogens is 2. The van der Waals surface area contributed by atoms with Gasteiger partial charge in [0.05, 0.1) is 6.20 Å². The number of thiophene rings is 1. The van der Waals surface area contributed by atoms with Crippen LogP contribution in [0.4, 0.5) is 5.69 Å². The van der Waals surface area contributed by atoms with Crippen LogP contribution in [-0.2, 0) is 0 Å². The third kappa shape index (κ3) is 2.54. The lowest BCUT2D eigenvalue weighted by molar-refractivity contribution is 0.103. The molecule has 0 fully saturated rings. The third-order valence-corrected chi connectivity index (χ3v) is 4.30. The molecular formula is C13H9N3O2S2. The van der Waals surface area contributed by atoms with Crippen LogP contribution >= 0.6 is 22.7 Å². The smallest absolute Gasteiger partial charge is 0.267 e. The number of nitrogens with zero attached hydrogens (tertiary/aromatic N) is 1. The minimum Gasteiger partial charge on any atom is -0.366 e. The molecule has 3 rings (SSSR count). The van der Waals surface area contributed by atoms with E-state index in [1.54, 1.807) is 11.3 Å².